The van der Waals surface area contributed by atoms with Gasteiger partial charge in [0.05, 0.1) is 16.7 Å². The average molecular weight is 654 g/mol. The van der Waals surface area contributed by atoms with Crippen molar-refractivity contribution in [3.8, 4) is 56.5 Å². The molecule has 0 amide bonds. The highest BCUT2D eigenvalue weighted by Crippen LogP contribution is 2.37. The van der Waals surface area contributed by atoms with E-state index in [-0.39, 0.29) is 0 Å². The Morgan fingerprint density at radius 1 is 0.353 bits per heavy atom. The van der Waals surface area contributed by atoms with E-state index in [1.54, 1.807) is 0 Å². The second-order valence-corrected chi connectivity index (χ2v) is 12.6. The van der Waals surface area contributed by atoms with Crippen molar-refractivity contribution in [1.82, 2.24) is 24.9 Å². The van der Waals surface area contributed by atoms with Crippen molar-refractivity contribution in [2.24, 2.45) is 0 Å². The standard InChI is InChI=1S/C45H27N5O/c1-3-10-30(11-4-1)43-48-44(31-12-5-2-6-13-31)50-45(49-43)35-25-33(32-20-22-40-37(27-32)36-15-7-8-16-39(36)51-40)24-34(26-35)38-21-19-29-18-17-28-14-9-23-46-41(28)42(29)47-38/h1-27H. The molecular weight excluding hydrogens is 627 g/mol. The molecule has 0 saturated carbocycles. The van der Waals surface area contributed by atoms with Gasteiger partial charge in [-0.25, -0.2) is 19.9 Å². The number of pyridine rings is 2. The highest BCUT2D eigenvalue weighted by atomic mass is 16.3. The summed E-state index contributed by atoms with van der Waals surface area (Å²) in [6.45, 7) is 0. The first-order valence-electron chi connectivity index (χ1n) is 16.8. The van der Waals surface area contributed by atoms with Gasteiger partial charge in [0.15, 0.2) is 17.5 Å². The lowest BCUT2D eigenvalue weighted by Gasteiger charge is -2.13. The number of benzene rings is 6. The van der Waals surface area contributed by atoms with E-state index < -0.39 is 0 Å². The van der Waals surface area contributed by atoms with Gasteiger partial charge < -0.3 is 4.42 Å². The highest BCUT2D eigenvalue weighted by Gasteiger charge is 2.17. The van der Waals surface area contributed by atoms with Gasteiger partial charge in [-0.3, -0.25) is 4.98 Å². The Labute approximate surface area is 292 Å². The van der Waals surface area contributed by atoms with Crippen molar-refractivity contribution in [3.05, 3.63) is 164 Å². The van der Waals surface area contributed by atoms with Crippen molar-refractivity contribution in [2.75, 3.05) is 0 Å². The summed E-state index contributed by atoms with van der Waals surface area (Å²) in [6, 6.07) is 53.5. The lowest BCUT2D eigenvalue weighted by Crippen LogP contribution is -2.00. The Hall–Kier alpha value is -7.05. The van der Waals surface area contributed by atoms with E-state index in [1.807, 2.05) is 97.2 Å². The first kappa shape index (κ1) is 28.9. The van der Waals surface area contributed by atoms with E-state index in [9.17, 15) is 0 Å². The summed E-state index contributed by atoms with van der Waals surface area (Å²) in [5.74, 6) is 1.80. The molecule has 0 unspecified atom stereocenters. The lowest BCUT2D eigenvalue weighted by molar-refractivity contribution is 0.669. The Bertz CT molecular complexity index is 2860. The van der Waals surface area contributed by atoms with Gasteiger partial charge in [-0.1, -0.05) is 109 Å². The molecule has 4 heterocycles. The molecule has 10 rings (SSSR count). The van der Waals surface area contributed by atoms with E-state index in [1.165, 1.54) is 0 Å². The number of para-hydroxylation sites is 1. The van der Waals surface area contributed by atoms with Crippen LogP contribution in [0.3, 0.4) is 0 Å². The number of rotatable bonds is 5. The van der Waals surface area contributed by atoms with Crippen LogP contribution in [0.5, 0.6) is 0 Å². The molecule has 4 aromatic heterocycles. The zero-order valence-corrected chi connectivity index (χ0v) is 27.2. The maximum atomic E-state index is 6.17. The smallest absolute Gasteiger partial charge is 0.164 e. The Kier molecular flexibility index (Phi) is 6.70. The van der Waals surface area contributed by atoms with Gasteiger partial charge in [0.1, 0.15) is 11.2 Å². The fraction of sp³-hybridized carbons (Fsp3) is 0. The second kappa shape index (κ2) is 11.8. The SMILES string of the molecule is c1ccc(-c2nc(-c3ccccc3)nc(-c3cc(-c4ccc5oc6ccccc6c5c4)cc(-c4ccc5ccc6cccnc6c5n4)c3)n2)cc1. The van der Waals surface area contributed by atoms with Crippen molar-refractivity contribution >= 4 is 43.7 Å². The molecule has 6 nitrogen and oxygen atoms in total. The van der Waals surface area contributed by atoms with Crippen LogP contribution in [0.4, 0.5) is 0 Å². The van der Waals surface area contributed by atoms with Gasteiger partial charge in [0, 0.05) is 50.0 Å². The monoisotopic (exact) mass is 653 g/mol. The third-order valence-electron chi connectivity index (χ3n) is 9.33. The number of hydrogen-bond donors (Lipinski definition) is 0. The molecule has 0 atom stereocenters. The molecule has 0 bridgehead atoms. The summed E-state index contributed by atoms with van der Waals surface area (Å²) in [4.78, 5) is 25.0. The normalized spacial score (nSPS) is 11.5. The predicted octanol–water partition coefficient (Wildman–Crippen LogP) is 11.2. The molecule has 0 aliphatic rings. The van der Waals surface area contributed by atoms with Crippen LogP contribution in [0.25, 0.3) is 100 Å². The van der Waals surface area contributed by atoms with E-state index in [2.05, 4.69) is 66.7 Å². The van der Waals surface area contributed by atoms with Crippen LogP contribution < -0.4 is 0 Å². The van der Waals surface area contributed by atoms with Crippen LogP contribution in [-0.4, -0.2) is 24.9 Å². The number of hydrogen-bond acceptors (Lipinski definition) is 6. The Balaban J connectivity index is 1.22. The van der Waals surface area contributed by atoms with Gasteiger partial charge in [0.2, 0.25) is 0 Å². The number of furan rings is 1. The van der Waals surface area contributed by atoms with Gasteiger partial charge in [-0.05, 0) is 59.7 Å². The first-order valence-corrected chi connectivity index (χ1v) is 16.8. The minimum Gasteiger partial charge on any atom is -0.456 e. The van der Waals surface area contributed by atoms with Crippen LogP contribution in [0, 0.1) is 0 Å². The van der Waals surface area contributed by atoms with Crippen LogP contribution in [0.1, 0.15) is 0 Å². The van der Waals surface area contributed by atoms with Gasteiger partial charge >= 0.3 is 0 Å². The Morgan fingerprint density at radius 2 is 0.961 bits per heavy atom. The molecule has 0 radical (unpaired) electrons. The largest absolute Gasteiger partial charge is 0.456 e. The molecule has 0 aliphatic carbocycles. The van der Waals surface area contributed by atoms with Gasteiger partial charge in [-0.2, -0.15) is 0 Å². The molecular formula is C45H27N5O. The second-order valence-electron chi connectivity index (χ2n) is 12.6. The molecule has 51 heavy (non-hydrogen) atoms. The molecule has 6 aromatic carbocycles. The molecule has 0 fully saturated rings. The van der Waals surface area contributed by atoms with Crippen LogP contribution in [0.15, 0.2) is 168 Å². The van der Waals surface area contributed by atoms with Crippen molar-refractivity contribution in [1.29, 1.82) is 0 Å². The van der Waals surface area contributed by atoms with Crippen molar-refractivity contribution in [2.45, 2.75) is 0 Å². The summed E-state index contributed by atoms with van der Waals surface area (Å²) >= 11 is 0. The van der Waals surface area contributed by atoms with Crippen LogP contribution >= 0.6 is 0 Å². The fourth-order valence-electron chi connectivity index (χ4n) is 6.80. The molecule has 10 aromatic rings. The van der Waals surface area contributed by atoms with Crippen LogP contribution in [0.2, 0.25) is 0 Å². The maximum Gasteiger partial charge on any atom is 0.164 e. The fourth-order valence-corrected chi connectivity index (χ4v) is 6.80. The number of nitrogens with zero attached hydrogens (tertiary/aromatic N) is 5. The molecule has 0 saturated heterocycles. The van der Waals surface area contributed by atoms with Crippen LogP contribution in [-0.2, 0) is 0 Å². The summed E-state index contributed by atoms with van der Waals surface area (Å²) < 4.78 is 6.17. The summed E-state index contributed by atoms with van der Waals surface area (Å²) in [5.41, 5.74) is 9.99. The Morgan fingerprint density at radius 3 is 1.73 bits per heavy atom. The number of aromatic nitrogens is 5. The number of fused-ring (bicyclic) bond motifs is 6. The molecule has 238 valence electrons. The molecule has 0 N–H and O–H groups in total. The summed E-state index contributed by atoms with van der Waals surface area (Å²) in [6.07, 6.45) is 1.82. The summed E-state index contributed by atoms with van der Waals surface area (Å²) in [7, 11) is 0. The lowest BCUT2D eigenvalue weighted by atomic mass is 9.96. The summed E-state index contributed by atoms with van der Waals surface area (Å²) in [5, 5.41) is 4.24. The topological polar surface area (TPSA) is 77.6 Å². The van der Waals surface area contributed by atoms with Crippen molar-refractivity contribution < 1.29 is 4.42 Å². The zero-order valence-electron chi connectivity index (χ0n) is 27.2. The third-order valence-corrected chi connectivity index (χ3v) is 9.33. The highest BCUT2D eigenvalue weighted by molar-refractivity contribution is 6.06. The van der Waals surface area contributed by atoms with E-state index in [0.29, 0.717) is 17.5 Å². The maximum absolute atomic E-state index is 6.17. The van der Waals surface area contributed by atoms with Gasteiger partial charge in [0.25, 0.3) is 0 Å². The zero-order chi connectivity index (χ0) is 33.7. The molecule has 0 aliphatic heterocycles. The van der Waals surface area contributed by atoms with Crippen molar-refractivity contribution in [3.63, 3.8) is 0 Å². The van der Waals surface area contributed by atoms with E-state index in [4.69, 9.17) is 29.3 Å². The first-order chi connectivity index (χ1) is 25.2. The average Bonchev–Trinajstić information content (AvgIpc) is 3.59. The molecule has 6 heteroatoms. The van der Waals surface area contributed by atoms with Gasteiger partial charge in [-0.15, -0.1) is 0 Å². The minimum absolute atomic E-state index is 0.577. The quantitative estimate of drug-likeness (QED) is 0.172. The molecule has 0 spiro atoms. The third kappa shape index (κ3) is 5.18. The van der Waals surface area contributed by atoms with E-state index >= 15 is 0 Å². The minimum atomic E-state index is 0.577. The predicted molar refractivity (Wildman–Crippen MR) is 205 cm³/mol. The van der Waals surface area contributed by atoms with E-state index in [0.717, 1.165) is 82.8 Å².